The number of ether oxygens (including phenoxy) is 1. The van der Waals surface area contributed by atoms with Crippen LogP contribution in [0.2, 0.25) is 5.02 Å². The zero-order valence-corrected chi connectivity index (χ0v) is 26.5. The van der Waals surface area contributed by atoms with Crippen molar-refractivity contribution in [3.63, 3.8) is 0 Å². The van der Waals surface area contributed by atoms with Crippen LogP contribution in [0.5, 0.6) is 0 Å². The van der Waals surface area contributed by atoms with Gasteiger partial charge >= 0.3 is 6.09 Å². The Hall–Kier alpha value is -2.77. The van der Waals surface area contributed by atoms with Crippen molar-refractivity contribution in [2.24, 2.45) is 0 Å². The first-order chi connectivity index (χ1) is 20.9. The predicted octanol–water partition coefficient (Wildman–Crippen LogP) is 4.28. The number of hydrogen-bond donors (Lipinski definition) is 4. The zero-order chi connectivity index (χ0) is 31.6. The molecule has 0 aromatic heterocycles. The highest BCUT2D eigenvalue weighted by Crippen LogP contribution is 2.43. The second-order valence-electron chi connectivity index (χ2n) is 12.3. The zero-order valence-electron chi connectivity index (χ0n) is 24.9. The van der Waals surface area contributed by atoms with Gasteiger partial charge in [-0.05, 0) is 82.2 Å². The van der Waals surface area contributed by atoms with Crippen molar-refractivity contribution in [2.45, 2.75) is 88.1 Å². The Bertz CT molecular complexity index is 1470. The number of halogens is 2. The van der Waals surface area contributed by atoms with E-state index in [9.17, 15) is 23.1 Å². The third kappa shape index (κ3) is 7.04. The van der Waals surface area contributed by atoms with Gasteiger partial charge in [-0.1, -0.05) is 29.8 Å². The highest BCUT2D eigenvalue weighted by Gasteiger charge is 2.50. The van der Waals surface area contributed by atoms with Crippen LogP contribution in [0.1, 0.15) is 57.1 Å². The Kier molecular flexibility index (Phi) is 9.86. The molecular weight excluding hydrogens is 611 g/mol. The summed E-state index contributed by atoms with van der Waals surface area (Å²) in [6, 6.07) is 9.87. The molecule has 0 radical (unpaired) electrons. The van der Waals surface area contributed by atoms with Crippen molar-refractivity contribution in [1.82, 2.24) is 14.9 Å². The van der Waals surface area contributed by atoms with Gasteiger partial charge in [-0.25, -0.2) is 17.6 Å². The van der Waals surface area contributed by atoms with Crippen molar-refractivity contribution < 1.29 is 32.2 Å². The van der Waals surface area contributed by atoms with Gasteiger partial charge in [0.15, 0.2) is 0 Å². The summed E-state index contributed by atoms with van der Waals surface area (Å²) in [7, 11) is -3.42. The van der Waals surface area contributed by atoms with Crippen LogP contribution in [0.25, 0.3) is 0 Å². The summed E-state index contributed by atoms with van der Waals surface area (Å²) in [5.41, 5.74) is 0.202. The molecule has 240 valence electrons. The quantitative estimate of drug-likeness (QED) is 0.335. The first kappa shape index (κ1) is 32.6. The van der Waals surface area contributed by atoms with E-state index < -0.39 is 39.3 Å². The number of nitrogens with zero attached hydrogens (tertiary/aromatic N) is 1. The number of nitrogens with one attached hydrogen (secondary N) is 3. The summed E-state index contributed by atoms with van der Waals surface area (Å²) in [6.45, 7) is 4.62. The van der Waals surface area contributed by atoms with Gasteiger partial charge in [0.25, 0.3) is 0 Å². The van der Waals surface area contributed by atoms with Gasteiger partial charge < -0.3 is 25.8 Å². The Morgan fingerprint density at radius 3 is 2.57 bits per heavy atom. The van der Waals surface area contributed by atoms with E-state index in [2.05, 4.69) is 16.0 Å². The summed E-state index contributed by atoms with van der Waals surface area (Å²) in [5.74, 6) is -1.07. The number of fused-ring (bicyclic) bond motifs is 2. The van der Waals surface area contributed by atoms with Crippen LogP contribution in [0.15, 0.2) is 42.5 Å². The lowest BCUT2D eigenvalue weighted by molar-refractivity contribution is -0.124. The number of rotatable bonds is 8. The van der Waals surface area contributed by atoms with Crippen molar-refractivity contribution in [1.29, 1.82) is 0 Å². The Labute approximate surface area is 262 Å². The highest BCUT2D eigenvalue weighted by atomic mass is 35.5. The molecule has 7 atom stereocenters. The summed E-state index contributed by atoms with van der Waals surface area (Å²) < 4.78 is 48.7. The predicted molar refractivity (Wildman–Crippen MR) is 166 cm³/mol. The molecule has 0 saturated carbocycles. The normalized spacial score (nSPS) is 30.5. The molecule has 5 rings (SSSR count). The van der Waals surface area contributed by atoms with E-state index in [1.54, 1.807) is 34.6 Å². The number of hydrogen-bond acceptors (Lipinski definition) is 6. The molecule has 2 bridgehead atoms. The average Bonchev–Trinajstić information content (AvgIpc) is 3.07. The number of carbonyl (C=O) groups is 2. The second kappa shape index (κ2) is 13.3. The monoisotopic (exact) mass is 650 g/mol. The van der Waals surface area contributed by atoms with Crippen LogP contribution in [0.4, 0.5) is 14.9 Å². The Balaban J connectivity index is 1.43. The molecule has 0 spiro atoms. The largest absolute Gasteiger partial charge is 0.465 e. The lowest BCUT2D eigenvalue weighted by atomic mass is 9.65. The van der Waals surface area contributed by atoms with Gasteiger partial charge in [0.1, 0.15) is 11.9 Å². The Morgan fingerprint density at radius 2 is 1.89 bits per heavy atom. The summed E-state index contributed by atoms with van der Waals surface area (Å²) >= 11 is 6.17. The maximum absolute atomic E-state index is 15.3. The summed E-state index contributed by atoms with van der Waals surface area (Å²) in [6.07, 6.45) is 0.700. The van der Waals surface area contributed by atoms with Gasteiger partial charge in [-0.15, -0.1) is 0 Å². The van der Waals surface area contributed by atoms with Crippen LogP contribution in [-0.2, 0) is 31.4 Å². The molecule has 44 heavy (non-hydrogen) atoms. The lowest BCUT2D eigenvalue weighted by Gasteiger charge is -2.47. The standard InChI is InChI=1S/C31H40ClFN4O6S/c1-19-15-31(16-20(2)43-19,21-8-10-22(32)11-9-21)28(36-30(39)40)29(38)35-27-7-3-6-26(33)25(27)13-12-24-17-34-23-5-4-14-44(41,42)37(24)18-23/h3,6-11,19-20,23-24,28,34,36H,4-5,12-18H2,1-2H3,(H,35,38)(H,39,40)/t19-,20+,23-,24+,28-,31+/m1/s1. The van der Waals surface area contributed by atoms with E-state index >= 15 is 4.39 Å². The van der Waals surface area contributed by atoms with E-state index in [0.29, 0.717) is 43.8 Å². The van der Waals surface area contributed by atoms with Gasteiger partial charge in [-0.3, -0.25) is 4.79 Å². The third-order valence-corrected chi connectivity index (χ3v) is 11.4. The van der Waals surface area contributed by atoms with E-state index in [-0.39, 0.29) is 47.7 Å². The lowest BCUT2D eigenvalue weighted by Crippen LogP contribution is -2.60. The molecule has 3 heterocycles. The first-order valence-electron chi connectivity index (χ1n) is 15.1. The van der Waals surface area contributed by atoms with Crippen LogP contribution in [0, 0.1) is 5.82 Å². The van der Waals surface area contributed by atoms with Crippen molar-refractivity contribution >= 4 is 39.3 Å². The van der Waals surface area contributed by atoms with E-state index in [0.717, 1.165) is 12.0 Å². The SMILES string of the molecule is C[C@@H]1C[C@](c2ccc(Cl)cc2)([C@H](NC(=O)O)C(=O)Nc2cccc(F)c2CC[C@H]2CN[C@@H]3CCCS(=O)(=O)N2C3)C[C@H](C)O1. The third-order valence-electron chi connectivity index (χ3n) is 9.14. The average molecular weight is 651 g/mol. The minimum atomic E-state index is -3.42. The molecule has 13 heteroatoms. The molecule has 3 aliphatic heterocycles. The second-order valence-corrected chi connectivity index (χ2v) is 14.8. The van der Waals surface area contributed by atoms with E-state index in [1.165, 1.54) is 12.1 Å². The number of piperazine rings is 1. The summed E-state index contributed by atoms with van der Waals surface area (Å²) in [5, 5.41) is 19.1. The molecule has 3 fully saturated rings. The number of amides is 2. The van der Waals surface area contributed by atoms with Crippen LogP contribution in [-0.4, -0.2) is 79.0 Å². The molecule has 10 nitrogen and oxygen atoms in total. The van der Waals surface area contributed by atoms with Crippen LogP contribution >= 0.6 is 11.6 Å². The molecular formula is C31H40ClFN4O6S. The smallest absolute Gasteiger partial charge is 0.405 e. The van der Waals surface area contributed by atoms with E-state index in [1.807, 2.05) is 13.8 Å². The fourth-order valence-corrected chi connectivity index (χ4v) is 9.22. The van der Waals surface area contributed by atoms with Crippen molar-refractivity contribution in [3.8, 4) is 0 Å². The molecule has 0 aliphatic carbocycles. The van der Waals surface area contributed by atoms with Crippen LogP contribution in [0.3, 0.4) is 0 Å². The van der Waals surface area contributed by atoms with Gasteiger partial charge in [0.05, 0.1) is 18.0 Å². The molecule has 3 aliphatic rings. The molecule has 2 amide bonds. The van der Waals surface area contributed by atoms with Gasteiger partial charge in [0.2, 0.25) is 15.9 Å². The number of anilines is 1. The van der Waals surface area contributed by atoms with Crippen molar-refractivity contribution in [2.75, 3.05) is 24.2 Å². The fourth-order valence-electron chi connectivity index (χ4n) is 7.29. The highest BCUT2D eigenvalue weighted by molar-refractivity contribution is 7.89. The number of carbonyl (C=O) groups excluding carboxylic acids is 1. The minimum Gasteiger partial charge on any atom is -0.465 e. The maximum Gasteiger partial charge on any atom is 0.405 e. The molecule has 2 aromatic rings. The number of sulfonamides is 1. The summed E-state index contributed by atoms with van der Waals surface area (Å²) in [4.78, 5) is 26.2. The van der Waals surface area contributed by atoms with Gasteiger partial charge in [0, 0.05) is 46.9 Å². The Morgan fingerprint density at radius 1 is 1.18 bits per heavy atom. The maximum atomic E-state index is 15.3. The number of carboxylic acid groups (broad SMARTS) is 1. The molecule has 2 aromatic carbocycles. The fraction of sp³-hybridized carbons (Fsp3) is 0.548. The number of benzene rings is 2. The molecule has 3 saturated heterocycles. The van der Waals surface area contributed by atoms with Crippen molar-refractivity contribution in [3.05, 3.63) is 64.4 Å². The van der Waals surface area contributed by atoms with Crippen LogP contribution < -0.4 is 16.0 Å². The van der Waals surface area contributed by atoms with E-state index in [4.69, 9.17) is 16.3 Å². The molecule has 4 N–H and O–H groups in total. The minimum absolute atomic E-state index is 0.0955. The molecule has 1 unspecified atom stereocenters. The van der Waals surface area contributed by atoms with Gasteiger partial charge in [-0.2, -0.15) is 4.31 Å². The topological polar surface area (TPSA) is 137 Å². The first-order valence-corrected chi connectivity index (χ1v) is 17.1.